The topological polar surface area (TPSA) is 75.9 Å². The summed E-state index contributed by atoms with van der Waals surface area (Å²) in [5.41, 5.74) is 3.67. The Labute approximate surface area is 129 Å². The molecule has 2 aromatic heterocycles. The van der Waals surface area contributed by atoms with E-state index in [1.807, 2.05) is 6.92 Å². The summed E-state index contributed by atoms with van der Waals surface area (Å²) >= 11 is 1.77. The molecule has 6 heteroatoms. The predicted molar refractivity (Wildman–Crippen MR) is 87.5 cm³/mol. The monoisotopic (exact) mass is 303 g/mol. The number of nitrogens with two attached hydrogens (primary N) is 1. The van der Waals surface area contributed by atoms with Gasteiger partial charge in [0.25, 0.3) is 0 Å². The first kappa shape index (κ1) is 14.3. The van der Waals surface area contributed by atoms with Crippen LogP contribution in [0.5, 0.6) is 0 Å². The predicted octanol–water partition coefficient (Wildman–Crippen LogP) is 3.57. The molecule has 1 aliphatic carbocycles. The lowest BCUT2D eigenvalue weighted by atomic mass is 10.1. The van der Waals surface area contributed by atoms with Gasteiger partial charge in [0.2, 0.25) is 0 Å². The summed E-state index contributed by atoms with van der Waals surface area (Å²) in [6.45, 7) is 4.17. The quantitative estimate of drug-likeness (QED) is 0.562. The number of nitrogen functional groups attached to an aromatic ring is 1. The highest BCUT2D eigenvalue weighted by Crippen LogP contribution is 2.40. The van der Waals surface area contributed by atoms with E-state index in [-0.39, 0.29) is 6.04 Å². The minimum atomic E-state index is 0.274. The molecule has 1 saturated carbocycles. The van der Waals surface area contributed by atoms with E-state index in [1.54, 1.807) is 11.3 Å². The first-order valence-electron chi connectivity index (χ1n) is 7.38. The number of nitrogens with zero attached hydrogens (tertiary/aromatic N) is 2. The zero-order chi connectivity index (χ0) is 14.8. The molecule has 0 amide bonds. The Kier molecular flexibility index (Phi) is 4.07. The van der Waals surface area contributed by atoms with E-state index in [9.17, 15) is 0 Å². The number of hydrogen-bond acceptors (Lipinski definition) is 6. The van der Waals surface area contributed by atoms with Crippen molar-refractivity contribution < 1.29 is 0 Å². The molecule has 1 fully saturated rings. The molecule has 0 aliphatic heterocycles. The third-order valence-corrected chi connectivity index (χ3v) is 4.83. The van der Waals surface area contributed by atoms with Crippen LogP contribution in [0.4, 0.5) is 11.6 Å². The zero-order valence-electron chi connectivity index (χ0n) is 12.4. The average Bonchev–Trinajstić information content (AvgIpc) is 3.21. The first-order chi connectivity index (χ1) is 10.2. The van der Waals surface area contributed by atoms with Gasteiger partial charge in [0.1, 0.15) is 17.5 Å². The van der Waals surface area contributed by atoms with E-state index >= 15 is 0 Å². The van der Waals surface area contributed by atoms with Crippen LogP contribution in [-0.2, 0) is 0 Å². The lowest BCUT2D eigenvalue weighted by Gasteiger charge is -2.19. The fourth-order valence-corrected chi connectivity index (χ4v) is 3.23. The molecule has 21 heavy (non-hydrogen) atoms. The molecule has 0 bridgehead atoms. The third-order valence-electron chi connectivity index (χ3n) is 3.85. The van der Waals surface area contributed by atoms with E-state index in [0.29, 0.717) is 5.92 Å². The van der Waals surface area contributed by atoms with E-state index in [1.165, 1.54) is 17.7 Å². The van der Waals surface area contributed by atoms with Gasteiger partial charge >= 0.3 is 0 Å². The molecule has 2 heterocycles. The van der Waals surface area contributed by atoms with Crippen molar-refractivity contribution in [2.45, 2.75) is 45.1 Å². The van der Waals surface area contributed by atoms with Crippen molar-refractivity contribution >= 4 is 23.0 Å². The maximum Gasteiger partial charge on any atom is 0.148 e. The molecule has 112 valence electrons. The number of thiophene rings is 1. The summed E-state index contributed by atoms with van der Waals surface area (Å²) in [4.78, 5) is 10.6. The second-order valence-electron chi connectivity index (χ2n) is 5.44. The van der Waals surface area contributed by atoms with Gasteiger partial charge in [-0.05, 0) is 37.6 Å². The Hall–Kier alpha value is -1.66. The van der Waals surface area contributed by atoms with Gasteiger partial charge in [-0.1, -0.05) is 13.0 Å². The fraction of sp³-hybridized carbons (Fsp3) is 0.467. The first-order valence-corrected chi connectivity index (χ1v) is 8.26. The largest absolute Gasteiger partial charge is 0.362 e. The standard InChI is InChI=1S/C15H21N5S/c1-3-11(12-5-4-8-21-12)17-13-9(2)14(20-16)19-15(18-13)10-6-7-10/h4-5,8,10-11H,3,6-7,16H2,1-2H3,(H2,17,18,19,20). The van der Waals surface area contributed by atoms with E-state index < -0.39 is 0 Å². The Bertz CT molecular complexity index is 607. The van der Waals surface area contributed by atoms with Gasteiger partial charge in [-0.15, -0.1) is 11.3 Å². The maximum absolute atomic E-state index is 5.60. The van der Waals surface area contributed by atoms with Crippen LogP contribution in [0.25, 0.3) is 0 Å². The van der Waals surface area contributed by atoms with Gasteiger partial charge in [0, 0.05) is 16.4 Å². The van der Waals surface area contributed by atoms with Gasteiger partial charge < -0.3 is 10.7 Å². The van der Waals surface area contributed by atoms with Crippen molar-refractivity contribution in [2.24, 2.45) is 5.84 Å². The van der Waals surface area contributed by atoms with Crippen LogP contribution in [0, 0.1) is 6.92 Å². The van der Waals surface area contributed by atoms with Gasteiger partial charge in [0.15, 0.2) is 0 Å². The number of hydrazine groups is 1. The second-order valence-corrected chi connectivity index (χ2v) is 6.42. The maximum atomic E-state index is 5.60. The molecular formula is C15H21N5S. The lowest BCUT2D eigenvalue weighted by Crippen LogP contribution is -2.16. The molecule has 0 radical (unpaired) electrons. The van der Waals surface area contributed by atoms with Crippen LogP contribution in [0.3, 0.4) is 0 Å². The highest BCUT2D eigenvalue weighted by atomic mass is 32.1. The van der Waals surface area contributed by atoms with Crippen molar-refractivity contribution in [3.05, 3.63) is 33.8 Å². The minimum Gasteiger partial charge on any atom is -0.362 e. The summed E-state index contributed by atoms with van der Waals surface area (Å²) in [5, 5.41) is 5.67. The highest BCUT2D eigenvalue weighted by molar-refractivity contribution is 7.10. The minimum absolute atomic E-state index is 0.274. The number of nitrogens with one attached hydrogen (secondary N) is 2. The van der Waals surface area contributed by atoms with Crippen LogP contribution in [0.2, 0.25) is 0 Å². The number of anilines is 2. The molecule has 2 aromatic rings. The number of rotatable bonds is 6. The molecule has 1 aliphatic rings. The van der Waals surface area contributed by atoms with Gasteiger partial charge in [-0.2, -0.15) is 0 Å². The van der Waals surface area contributed by atoms with Crippen molar-refractivity contribution in [1.82, 2.24) is 9.97 Å². The van der Waals surface area contributed by atoms with E-state index in [2.05, 4.69) is 40.2 Å². The van der Waals surface area contributed by atoms with Crippen molar-refractivity contribution in [2.75, 3.05) is 10.7 Å². The molecule has 3 rings (SSSR count). The molecular weight excluding hydrogens is 282 g/mol. The number of hydrogen-bond donors (Lipinski definition) is 3. The molecule has 0 saturated heterocycles. The van der Waals surface area contributed by atoms with Crippen LogP contribution >= 0.6 is 11.3 Å². The molecule has 4 N–H and O–H groups in total. The molecule has 0 spiro atoms. The summed E-state index contributed by atoms with van der Waals surface area (Å²) in [7, 11) is 0. The zero-order valence-corrected chi connectivity index (χ0v) is 13.2. The van der Waals surface area contributed by atoms with Gasteiger partial charge in [-0.25, -0.2) is 15.8 Å². The van der Waals surface area contributed by atoms with Crippen molar-refractivity contribution in [3.8, 4) is 0 Å². The Morgan fingerprint density at radius 1 is 1.38 bits per heavy atom. The molecule has 0 aromatic carbocycles. The molecule has 1 unspecified atom stereocenters. The normalized spacial score (nSPS) is 15.8. The summed E-state index contributed by atoms with van der Waals surface area (Å²) in [6, 6.07) is 4.52. The van der Waals surface area contributed by atoms with Crippen molar-refractivity contribution in [3.63, 3.8) is 0 Å². The van der Waals surface area contributed by atoms with E-state index in [4.69, 9.17) is 10.8 Å². The fourth-order valence-electron chi connectivity index (χ4n) is 2.37. The Balaban J connectivity index is 1.91. The summed E-state index contributed by atoms with van der Waals surface area (Å²) in [6.07, 6.45) is 3.36. The second kappa shape index (κ2) is 5.99. The van der Waals surface area contributed by atoms with Crippen LogP contribution in [-0.4, -0.2) is 9.97 Å². The SMILES string of the molecule is CCC(Nc1nc(C2CC2)nc(NN)c1C)c1cccs1. The van der Waals surface area contributed by atoms with Crippen LogP contribution in [0.15, 0.2) is 17.5 Å². The smallest absolute Gasteiger partial charge is 0.148 e. The Morgan fingerprint density at radius 3 is 2.71 bits per heavy atom. The van der Waals surface area contributed by atoms with Crippen LogP contribution < -0.4 is 16.6 Å². The number of aromatic nitrogens is 2. The van der Waals surface area contributed by atoms with Crippen molar-refractivity contribution in [1.29, 1.82) is 0 Å². The molecule has 5 nitrogen and oxygen atoms in total. The molecule has 1 atom stereocenters. The summed E-state index contributed by atoms with van der Waals surface area (Å²) in [5.74, 6) is 8.61. The average molecular weight is 303 g/mol. The Morgan fingerprint density at radius 2 is 2.14 bits per heavy atom. The third kappa shape index (κ3) is 3.01. The lowest BCUT2D eigenvalue weighted by molar-refractivity contribution is 0.752. The van der Waals surface area contributed by atoms with Gasteiger partial charge in [-0.3, -0.25) is 0 Å². The van der Waals surface area contributed by atoms with E-state index in [0.717, 1.165) is 29.4 Å². The highest BCUT2D eigenvalue weighted by Gasteiger charge is 2.28. The summed E-state index contributed by atoms with van der Waals surface area (Å²) < 4.78 is 0. The van der Waals surface area contributed by atoms with Crippen LogP contribution in [0.1, 0.15) is 54.4 Å². The van der Waals surface area contributed by atoms with Gasteiger partial charge in [0.05, 0.1) is 6.04 Å².